The number of carboxylic acid groups (broad SMARTS) is 2. The van der Waals surface area contributed by atoms with E-state index in [0.717, 1.165) is 119 Å². The number of hydrogen-bond donors (Lipinski definition) is 7. The molecule has 0 aliphatic heterocycles. The summed E-state index contributed by atoms with van der Waals surface area (Å²) in [6, 6.07) is 53.9. The minimum Gasteiger partial charge on any atom is -0.481 e. The van der Waals surface area contributed by atoms with Gasteiger partial charge in [-0.25, -0.2) is 0 Å². The fraction of sp³-hybridized carbons (Fsp3) is 0.434. The van der Waals surface area contributed by atoms with Crippen LogP contribution in [-0.2, 0) is 80.1 Å². The third kappa shape index (κ3) is 27.8. The number of halogens is 2. The van der Waals surface area contributed by atoms with Crippen molar-refractivity contribution in [1.82, 2.24) is 38.3 Å². The Hall–Kier alpha value is -9.45. The molecule has 7 aromatic heterocycles. The number of aliphatic carboxylic acids is 2. The van der Waals surface area contributed by atoms with E-state index in [0.29, 0.717) is 0 Å². The van der Waals surface area contributed by atoms with Crippen LogP contribution in [-0.4, -0.2) is 116 Å². The molecular weight excluding hydrogens is 1730 g/mol. The molecule has 14 aromatic rings. The van der Waals surface area contributed by atoms with Gasteiger partial charge >= 0.3 is 23.9 Å². The summed E-state index contributed by atoms with van der Waals surface area (Å²) in [6.07, 6.45) is 19.7. The fourth-order valence-corrected chi connectivity index (χ4v) is 31.8. The second-order valence-corrected chi connectivity index (χ2v) is 46.3. The van der Waals surface area contributed by atoms with Gasteiger partial charge in [0.1, 0.15) is 0 Å². The Morgan fingerprint density at radius 2 is 0.659 bits per heavy atom. The largest absolute Gasteiger partial charge is 0.481 e. The van der Waals surface area contributed by atoms with Crippen LogP contribution in [0, 0.1) is 11.8 Å². The van der Waals surface area contributed by atoms with Crippen LogP contribution in [0.15, 0.2) is 204 Å². The average molecular weight is 1890 g/mol. The Labute approximate surface area is 776 Å². The number of carbonyl (C=O) groups excluding carboxylic acids is 2. The summed E-state index contributed by atoms with van der Waals surface area (Å²) < 4.78 is 17.7. The van der Waals surface area contributed by atoms with Crippen molar-refractivity contribution in [3.63, 3.8) is 0 Å². The number of hydrogen-bond acceptors (Lipinski definition) is 7. The van der Waals surface area contributed by atoms with E-state index in [1.54, 1.807) is 20.0 Å². The van der Waals surface area contributed by atoms with Gasteiger partial charge in [-0.05, 0) is 301 Å². The molecule has 0 unspecified atom stereocenters. The van der Waals surface area contributed by atoms with Crippen molar-refractivity contribution in [1.29, 1.82) is 0 Å². The van der Waals surface area contributed by atoms with Crippen molar-refractivity contribution < 1.29 is 38.9 Å². The number of aromatic amines is 5. The molecule has 16 nitrogen and oxygen atoms in total. The molecule has 0 aliphatic carbocycles. The van der Waals surface area contributed by atoms with E-state index < -0.39 is 52.2 Å². The average Bonchev–Trinajstić information content (AvgIpc) is 1.55. The van der Waals surface area contributed by atoms with Gasteiger partial charge in [-0.3, -0.25) is 19.2 Å². The van der Waals surface area contributed by atoms with Crippen LogP contribution in [0.2, 0.25) is 33.2 Å². The summed E-state index contributed by atoms with van der Waals surface area (Å²) in [6.45, 7) is 44.7. The Morgan fingerprint density at radius 3 is 1.02 bits per heavy atom. The van der Waals surface area contributed by atoms with Crippen LogP contribution in [0.3, 0.4) is 0 Å². The SMILES string of the molecule is Brc1ccc2[nH]ccc2c1.C.C.C.C.C.C.C.CC(C)[Si](C(C)C)(C(C)C)n1ccc2cc(Br)ccc21.CCOC(=O)C(Cc1c[nH]c2ccc(CC)cc12)C(=O)OCC.CCc1ccc2[nH]cc(CC(C(=O)O)C(=O)O)c2c1.CCc1ccc2[nH]cc(CN(C)C)c2c1.CCc1ccc2[nH]ccc2c1.CCc1ccc2c(ccn2[Si](C(C)C)(C(C)C)C(C)C)c1. The van der Waals surface area contributed by atoms with Gasteiger partial charge in [0, 0.05) is 107 Å². The van der Waals surface area contributed by atoms with Gasteiger partial charge in [0.05, 0.1) is 13.2 Å². The van der Waals surface area contributed by atoms with Gasteiger partial charge in [-0.2, -0.15) is 0 Å². The molecule has 0 bridgehead atoms. The molecule has 7 aromatic carbocycles. The van der Waals surface area contributed by atoms with Crippen LogP contribution >= 0.6 is 31.9 Å². The first-order chi connectivity index (χ1) is 56.7. The minimum absolute atomic E-state index is 0. The van der Waals surface area contributed by atoms with E-state index in [1.807, 2.05) is 55.8 Å². The lowest BCUT2D eigenvalue weighted by atomic mass is 9.98. The zero-order valence-electron chi connectivity index (χ0n) is 74.1. The third-order valence-electron chi connectivity index (χ3n) is 23.5. The molecule has 0 aliphatic rings. The topological polar surface area (TPSA) is 219 Å². The molecule has 0 saturated heterocycles. The normalized spacial score (nSPS) is 11.0. The summed E-state index contributed by atoms with van der Waals surface area (Å²) >= 11 is 6.98. The quantitative estimate of drug-likeness (QED) is 0.0164. The van der Waals surface area contributed by atoms with E-state index in [4.69, 9.17) is 19.7 Å². The number of esters is 2. The summed E-state index contributed by atoms with van der Waals surface area (Å²) in [7, 11) is 0.941. The van der Waals surface area contributed by atoms with Crippen molar-refractivity contribution in [3.05, 3.63) is 248 Å². The molecule has 126 heavy (non-hydrogen) atoms. The van der Waals surface area contributed by atoms with Crippen LogP contribution < -0.4 is 0 Å². The molecule has 0 saturated carbocycles. The second-order valence-electron chi connectivity index (χ2n) is 33.1. The summed E-state index contributed by atoms with van der Waals surface area (Å²) in [4.78, 5) is 64.1. The fourth-order valence-electron chi connectivity index (χ4n) is 17.8. The Kier molecular flexibility index (Phi) is 48.5. The molecular formula is C106H158Br2N8O8Si2. The first-order valence-corrected chi connectivity index (χ1v) is 48.6. The lowest BCUT2D eigenvalue weighted by molar-refractivity contribution is -0.162. The highest BCUT2D eigenvalue weighted by molar-refractivity contribution is 9.10. The van der Waals surface area contributed by atoms with Crippen molar-refractivity contribution in [2.75, 3.05) is 27.3 Å². The number of nitrogens with zero attached hydrogens (tertiary/aromatic N) is 3. The van der Waals surface area contributed by atoms with Crippen LogP contribution in [0.25, 0.3) is 76.3 Å². The van der Waals surface area contributed by atoms with Gasteiger partial charge in [-0.15, -0.1) is 0 Å². The Bertz CT molecular complexity index is 5540. The molecule has 7 N–H and O–H groups in total. The van der Waals surface area contributed by atoms with Gasteiger partial charge in [0.2, 0.25) is 0 Å². The second kappa shape index (κ2) is 53.4. The van der Waals surface area contributed by atoms with Gasteiger partial charge in [-0.1, -0.05) is 232 Å². The Morgan fingerprint density at radius 1 is 0.365 bits per heavy atom. The molecule has 0 radical (unpaired) electrons. The maximum absolute atomic E-state index is 12.1. The number of aromatic nitrogens is 7. The summed E-state index contributed by atoms with van der Waals surface area (Å²) in [5, 5.41) is 26.4. The maximum atomic E-state index is 12.1. The maximum Gasteiger partial charge on any atom is 0.320 e. The van der Waals surface area contributed by atoms with Crippen molar-refractivity contribution >= 4 is 149 Å². The Balaban J connectivity index is 0.000000738. The zero-order valence-corrected chi connectivity index (χ0v) is 79.3. The molecule has 0 amide bonds. The lowest BCUT2D eigenvalue weighted by Gasteiger charge is -2.44. The highest BCUT2D eigenvalue weighted by atomic mass is 79.9. The smallest absolute Gasteiger partial charge is 0.320 e. The van der Waals surface area contributed by atoms with E-state index in [1.165, 1.54) is 82.3 Å². The summed E-state index contributed by atoms with van der Waals surface area (Å²) in [5.41, 5.74) is 22.3. The molecule has 7 heterocycles. The number of H-pyrrole nitrogens is 5. The van der Waals surface area contributed by atoms with E-state index >= 15 is 0 Å². The standard InChI is InChI=1S/C19H31NSi.C18H23NO4.C17H26BrNSi.C14H15NO4.C13H18N2.C10H11N.C8H6BrN.7CH4/c1-8-17-9-10-19-18(13-17)11-12-20(19)21(14(2)3,15(4)5)16(6)7;1-4-12-7-8-16-14(9-12)13(11-19-16)10-15(17(20)22-5-2)18(21)23-6-3;1-12(2)20(13(3)4,14(5)6)19-10-9-15-11-16(18)7-8-17(15)19;1-2-8-3-4-12-10(5-8)9(7-15-12)6-11(13(16)17)14(18)19;1-4-10-5-6-13-12(7-10)11(8-14-13)9-15(2)3;1-2-8-3-4-10-9(7-8)5-6-11-10;9-7-1-2-8-6(5-7)3-4-10-8;;;;;;;/h9-16H,8H2,1-7H3;7-9,11,15,19H,4-6,10H2,1-3H3;7-14H,1-6H3;3-5,7,11,15H,2,6H2,1H3,(H,16,17)(H,18,19);5-8,14H,4,9H2,1-3H3;3-7,11H,2H2,1H3;1-5,10H;7*1H4. The number of carbonyl (C=O) groups is 4. The number of carboxylic acids is 2. The van der Waals surface area contributed by atoms with Gasteiger partial charge in [0.15, 0.2) is 28.3 Å². The van der Waals surface area contributed by atoms with Crippen LogP contribution in [0.5, 0.6) is 0 Å². The number of rotatable bonds is 25. The third-order valence-corrected chi connectivity index (χ3v) is 38.1. The molecule has 0 spiro atoms. The monoisotopic (exact) mass is 1890 g/mol. The van der Waals surface area contributed by atoms with E-state index in [2.05, 4.69) is 335 Å². The number of aryl methyl sites for hydroxylation is 5. The van der Waals surface area contributed by atoms with Crippen molar-refractivity contribution in [2.24, 2.45) is 11.8 Å². The zero-order chi connectivity index (χ0) is 87.2. The molecule has 0 atom stereocenters. The highest BCUT2D eigenvalue weighted by Gasteiger charge is 2.47. The first-order valence-electron chi connectivity index (χ1n) is 42.6. The molecule has 14 rings (SSSR count). The molecule has 692 valence electrons. The van der Waals surface area contributed by atoms with Crippen LogP contribution in [0.4, 0.5) is 0 Å². The molecule has 20 heteroatoms. The predicted molar refractivity (Wildman–Crippen MR) is 558 cm³/mol. The van der Waals surface area contributed by atoms with Gasteiger partial charge in [0.25, 0.3) is 0 Å². The van der Waals surface area contributed by atoms with Gasteiger partial charge < -0.3 is 58.0 Å². The highest BCUT2D eigenvalue weighted by Crippen LogP contribution is 2.46. The van der Waals surface area contributed by atoms with Crippen molar-refractivity contribution in [2.45, 2.75) is 268 Å². The van der Waals surface area contributed by atoms with E-state index in [9.17, 15) is 19.2 Å². The first kappa shape index (κ1) is 115. The minimum atomic E-state index is -1.63. The lowest BCUT2D eigenvalue weighted by Crippen LogP contribution is -2.51. The summed E-state index contributed by atoms with van der Waals surface area (Å²) in [5.74, 6) is -6.04. The number of ether oxygens (including phenoxy) is 2. The van der Waals surface area contributed by atoms with E-state index in [-0.39, 0.29) is 78.0 Å². The number of benzene rings is 7. The van der Waals surface area contributed by atoms with Crippen molar-refractivity contribution in [3.8, 4) is 0 Å². The predicted octanol–water partition coefficient (Wildman–Crippen LogP) is 30.6. The molecule has 0 fully saturated rings. The number of nitrogens with one attached hydrogen (secondary N) is 5. The van der Waals surface area contributed by atoms with Crippen LogP contribution in [0.1, 0.15) is 228 Å². The number of fused-ring (bicyclic) bond motifs is 7.